The summed E-state index contributed by atoms with van der Waals surface area (Å²) < 4.78 is 0. The molecule has 2 aliphatic heterocycles. The molecule has 0 unspecified atom stereocenters. The van der Waals surface area contributed by atoms with E-state index < -0.39 is 0 Å². The molecule has 5 heteroatoms. The molecule has 0 aliphatic carbocycles. The van der Waals surface area contributed by atoms with Gasteiger partial charge in [-0.05, 0) is 30.7 Å². The minimum Gasteiger partial charge on any atom is -0.339 e. The van der Waals surface area contributed by atoms with Gasteiger partial charge in [-0.25, -0.2) is 0 Å². The molecule has 21 heavy (non-hydrogen) atoms. The minimum atomic E-state index is -0.228. The monoisotopic (exact) mass is 304 g/mol. The second-order valence-electron chi connectivity index (χ2n) is 5.87. The Morgan fingerprint density at radius 2 is 2.05 bits per heavy atom. The van der Waals surface area contributed by atoms with Gasteiger partial charge in [-0.15, -0.1) is 6.58 Å². The number of thiophene rings is 1. The number of piperidine rings is 1. The van der Waals surface area contributed by atoms with Crippen LogP contribution in [-0.4, -0.2) is 47.8 Å². The lowest BCUT2D eigenvalue weighted by Crippen LogP contribution is -2.46. The molecule has 4 nitrogen and oxygen atoms in total. The van der Waals surface area contributed by atoms with Crippen molar-refractivity contribution in [3.05, 3.63) is 35.0 Å². The van der Waals surface area contributed by atoms with Crippen LogP contribution in [0.3, 0.4) is 0 Å². The number of carbonyl (C=O) groups excluding carboxylic acids is 2. The first-order valence-electron chi connectivity index (χ1n) is 7.38. The molecule has 1 spiro atoms. The van der Waals surface area contributed by atoms with Gasteiger partial charge in [0.1, 0.15) is 0 Å². The summed E-state index contributed by atoms with van der Waals surface area (Å²) in [5.41, 5.74) is 0.538. The van der Waals surface area contributed by atoms with Crippen LogP contribution in [0.15, 0.2) is 29.5 Å². The molecular weight excluding hydrogens is 284 g/mol. The molecule has 0 N–H and O–H groups in total. The first kappa shape index (κ1) is 14.3. The molecule has 3 heterocycles. The predicted molar refractivity (Wildman–Crippen MR) is 83.3 cm³/mol. The van der Waals surface area contributed by atoms with Crippen LogP contribution in [0.4, 0.5) is 0 Å². The summed E-state index contributed by atoms with van der Waals surface area (Å²) in [6.45, 7) is 6.54. The molecule has 3 rings (SSSR count). The predicted octanol–water partition coefficient (Wildman–Crippen LogP) is 2.39. The molecule has 0 radical (unpaired) electrons. The molecule has 2 saturated heterocycles. The van der Waals surface area contributed by atoms with E-state index >= 15 is 0 Å². The first-order chi connectivity index (χ1) is 10.2. The van der Waals surface area contributed by atoms with Gasteiger partial charge in [0.15, 0.2) is 0 Å². The van der Waals surface area contributed by atoms with Gasteiger partial charge < -0.3 is 9.80 Å². The zero-order valence-electron chi connectivity index (χ0n) is 12.1. The quantitative estimate of drug-likeness (QED) is 0.805. The van der Waals surface area contributed by atoms with Crippen LogP contribution in [-0.2, 0) is 4.79 Å². The van der Waals surface area contributed by atoms with Crippen LogP contribution >= 0.6 is 11.3 Å². The molecule has 112 valence electrons. The Morgan fingerprint density at radius 3 is 2.67 bits per heavy atom. The van der Waals surface area contributed by atoms with Gasteiger partial charge in [0, 0.05) is 31.6 Å². The molecule has 0 saturated carbocycles. The van der Waals surface area contributed by atoms with E-state index in [2.05, 4.69) is 6.58 Å². The average molecular weight is 304 g/mol. The Balaban J connectivity index is 1.64. The number of nitrogens with zero attached hydrogens (tertiary/aromatic N) is 2. The molecule has 1 aromatic rings. The molecule has 2 amide bonds. The van der Waals surface area contributed by atoms with Crippen molar-refractivity contribution in [1.82, 2.24) is 9.80 Å². The number of hydrogen-bond acceptors (Lipinski definition) is 3. The molecule has 0 aromatic carbocycles. The maximum Gasteiger partial charge on any atom is 0.254 e. The summed E-state index contributed by atoms with van der Waals surface area (Å²) in [5.74, 6) is 0.351. The fourth-order valence-corrected chi connectivity index (χ4v) is 4.02. The van der Waals surface area contributed by atoms with Gasteiger partial charge in [-0.1, -0.05) is 6.08 Å². The zero-order valence-corrected chi connectivity index (χ0v) is 12.9. The van der Waals surface area contributed by atoms with Crippen molar-refractivity contribution in [2.24, 2.45) is 5.41 Å². The van der Waals surface area contributed by atoms with E-state index in [1.165, 1.54) is 11.3 Å². The standard InChI is InChI=1S/C16H20N2O2S/c1-2-7-18-10-6-16(15(18)20)4-8-17(9-5-16)14(19)13-3-11-21-12-13/h2-3,11-12H,1,4-10H2. The lowest BCUT2D eigenvalue weighted by Gasteiger charge is -2.37. The second kappa shape index (κ2) is 5.64. The van der Waals surface area contributed by atoms with Crippen LogP contribution in [0.2, 0.25) is 0 Å². The van der Waals surface area contributed by atoms with E-state index in [-0.39, 0.29) is 17.2 Å². The molecule has 0 atom stereocenters. The highest BCUT2D eigenvalue weighted by atomic mass is 32.1. The highest BCUT2D eigenvalue weighted by Crippen LogP contribution is 2.41. The van der Waals surface area contributed by atoms with Gasteiger partial charge in [0.25, 0.3) is 5.91 Å². The van der Waals surface area contributed by atoms with Crippen molar-refractivity contribution < 1.29 is 9.59 Å². The highest BCUT2D eigenvalue weighted by molar-refractivity contribution is 7.08. The van der Waals surface area contributed by atoms with Crippen LogP contribution in [0.5, 0.6) is 0 Å². The number of amides is 2. The Morgan fingerprint density at radius 1 is 1.33 bits per heavy atom. The Bertz CT molecular complexity index is 545. The van der Waals surface area contributed by atoms with Crippen molar-refractivity contribution in [1.29, 1.82) is 0 Å². The van der Waals surface area contributed by atoms with E-state index in [9.17, 15) is 9.59 Å². The maximum absolute atomic E-state index is 12.6. The summed E-state index contributed by atoms with van der Waals surface area (Å²) in [6.07, 6.45) is 4.27. The van der Waals surface area contributed by atoms with E-state index in [0.29, 0.717) is 19.6 Å². The largest absolute Gasteiger partial charge is 0.339 e. The summed E-state index contributed by atoms with van der Waals surface area (Å²) in [6, 6.07) is 1.86. The van der Waals surface area contributed by atoms with Gasteiger partial charge in [-0.2, -0.15) is 11.3 Å². The van der Waals surface area contributed by atoms with E-state index in [1.54, 1.807) is 6.08 Å². The van der Waals surface area contributed by atoms with Crippen molar-refractivity contribution >= 4 is 23.2 Å². The number of carbonyl (C=O) groups is 2. The van der Waals surface area contributed by atoms with Crippen molar-refractivity contribution in [3.63, 3.8) is 0 Å². The zero-order chi connectivity index (χ0) is 14.9. The van der Waals surface area contributed by atoms with E-state index in [4.69, 9.17) is 0 Å². The Labute approximate surface area is 129 Å². The van der Waals surface area contributed by atoms with Gasteiger partial charge in [-0.3, -0.25) is 9.59 Å². The van der Waals surface area contributed by atoms with Crippen LogP contribution < -0.4 is 0 Å². The molecule has 2 fully saturated rings. The van der Waals surface area contributed by atoms with E-state index in [0.717, 1.165) is 31.4 Å². The van der Waals surface area contributed by atoms with Gasteiger partial charge in [0.2, 0.25) is 5.91 Å². The summed E-state index contributed by atoms with van der Waals surface area (Å²) >= 11 is 1.54. The van der Waals surface area contributed by atoms with E-state index in [1.807, 2.05) is 26.6 Å². The number of hydrogen-bond donors (Lipinski definition) is 0. The lowest BCUT2D eigenvalue weighted by atomic mass is 9.77. The van der Waals surface area contributed by atoms with Crippen LogP contribution in [0, 0.1) is 5.41 Å². The highest BCUT2D eigenvalue weighted by Gasteiger charge is 2.48. The fourth-order valence-electron chi connectivity index (χ4n) is 3.39. The van der Waals surface area contributed by atoms with Gasteiger partial charge in [0.05, 0.1) is 11.0 Å². The first-order valence-corrected chi connectivity index (χ1v) is 8.32. The van der Waals surface area contributed by atoms with Crippen molar-refractivity contribution in [2.75, 3.05) is 26.2 Å². The Kier molecular flexibility index (Phi) is 3.85. The third-order valence-electron chi connectivity index (χ3n) is 4.73. The number of likely N-dealkylation sites (tertiary alicyclic amines) is 2. The minimum absolute atomic E-state index is 0.0968. The third-order valence-corrected chi connectivity index (χ3v) is 5.41. The summed E-state index contributed by atoms with van der Waals surface area (Å²) in [7, 11) is 0. The van der Waals surface area contributed by atoms with Crippen LogP contribution in [0.25, 0.3) is 0 Å². The lowest BCUT2D eigenvalue weighted by molar-refractivity contribution is -0.137. The average Bonchev–Trinajstić information content (AvgIpc) is 3.13. The van der Waals surface area contributed by atoms with Crippen molar-refractivity contribution in [2.45, 2.75) is 19.3 Å². The topological polar surface area (TPSA) is 40.6 Å². The Hall–Kier alpha value is -1.62. The normalized spacial score (nSPS) is 21.0. The number of rotatable bonds is 3. The molecule has 2 aliphatic rings. The second-order valence-corrected chi connectivity index (χ2v) is 6.65. The maximum atomic E-state index is 12.6. The third kappa shape index (κ3) is 2.50. The van der Waals surface area contributed by atoms with Gasteiger partial charge >= 0.3 is 0 Å². The van der Waals surface area contributed by atoms with Crippen LogP contribution in [0.1, 0.15) is 29.6 Å². The van der Waals surface area contributed by atoms with Crippen molar-refractivity contribution in [3.8, 4) is 0 Å². The molecule has 0 bridgehead atoms. The smallest absolute Gasteiger partial charge is 0.254 e. The summed E-state index contributed by atoms with van der Waals surface area (Å²) in [5, 5.41) is 3.81. The molecule has 1 aromatic heterocycles. The summed E-state index contributed by atoms with van der Waals surface area (Å²) in [4.78, 5) is 28.7. The SMILES string of the molecule is C=CCN1CCC2(CCN(C(=O)c3ccsc3)CC2)C1=O. The molecular formula is C16H20N2O2S. The fraction of sp³-hybridized carbons (Fsp3) is 0.500.